The van der Waals surface area contributed by atoms with E-state index >= 15 is 0 Å². The van der Waals surface area contributed by atoms with Gasteiger partial charge >= 0.3 is 0 Å². The number of amides is 1. The van der Waals surface area contributed by atoms with Crippen LogP contribution in [-0.2, 0) is 17.9 Å². The van der Waals surface area contributed by atoms with Crippen LogP contribution in [0.2, 0.25) is 0 Å². The van der Waals surface area contributed by atoms with E-state index in [2.05, 4.69) is 33.4 Å². The van der Waals surface area contributed by atoms with E-state index in [1.807, 2.05) is 36.4 Å². The average molecular weight is 349 g/mol. The molecule has 0 aliphatic heterocycles. The lowest BCUT2D eigenvalue weighted by Gasteiger charge is -2.07. The summed E-state index contributed by atoms with van der Waals surface area (Å²) in [6.07, 6.45) is 0. The molecule has 0 bridgehead atoms. The Bertz CT molecular complexity index is 599. The molecular weight excluding hydrogens is 332 g/mol. The van der Waals surface area contributed by atoms with Crippen LogP contribution in [0.25, 0.3) is 0 Å². The van der Waals surface area contributed by atoms with Crippen LogP contribution in [0, 0.1) is 0 Å². The Hall–Kier alpha value is -1.85. The van der Waals surface area contributed by atoms with E-state index in [1.165, 1.54) is 5.56 Å². The van der Waals surface area contributed by atoms with Crippen molar-refractivity contribution in [2.45, 2.75) is 13.1 Å². The van der Waals surface area contributed by atoms with E-state index < -0.39 is 5.91 Å². The van der Waals surface area contributed by atoms with Crippen LogP contribution in [0.1, 0.15) is 11.1 Å². The first-order chi connectivity index (χ1) is 10.1. The van der Waals surface area contributed by atoms with E-state index in [1.54, 1.807) is 0 Å². The number of nitrogens with two attached hydrogens (primary N) is 1. The standard InChI is InChI=1S/C16H17BrN2O2/c17-14-3-1-2-13(8-14)10-19-9-12-4-6-15(7-5-12)21-11-16(18)20/h1-8,19H,9-11H2,(H2,18,20). The van der Waals surface area contributed by atoms with Crippen LogP contribution in [0.15, 0.2) is 53.0 Å². The molecule has 110 valence electrons. The molecule has 2 rings (SSSR count). The highest BCUT2D eigenvalue weighted by molar-refractivity contribution is 9.10. The van der Waals surface area contributed by atoms with Crippen LogP contribution in [0.4, 0.5) is 0 Å². The summed E-state index contributed by atoms with van der Waals surface area (Å²) in [6.45, 7) is 1.47. The molecule has 1 amide bonds. The van der Waals surface area contributed by atoms with Gasteiger partial charge in [-0.3, -0.25) is 4.79 Å². The van der Waals surface area contributed by atoms with E-state index in [9.17, 15) is 4.79 Å². The third kappa shape index (κ3) is 5.57. The fourth-order valence-electron chi connectivity index (χ4n) is 1.86. The molecular formula is C16H17BrN2O2. The molecule has 0 atom stereocenters. The molecule has 4 nitrogen and oxygen atoms in total. The van der Waals surface area contributed by atoms with Crippen molar-refractivity contribution < 1.29 is 9.53 Å². The second kappa shape index (κ2) is 7.81. The molecule has 2 aromatic carbocycles. The minimum atomic E-state index is -0.477. The van der Waals surface area contributed by atoms with Gasteiger partial charge in [0.1, 0.15) is 5.75 Å². The fourth-order valence-corrected chi connectivity index (χ4v) is 2.30. The van der Waals surface area contributed by atoms with Crippen molar-refractivity contribution in [1.29, 1.82) is 0 Å². The molecule has 0 unspecified atom stereocenters. The molecule has 2 aromatic rings. The zero-order valence-corrected chi connectivity index (χ0v) is 13.1. The quantitative estimate of drug-likeness (QED) is 0.808. The van der Waals surface area contributed by atoms with E-state index in [0.29, 0.717) is 5.75 Å². The molecule has 3 N–H and O–H groups in total. The lowest BCUT2D eigenvalue weighted by Crippen LogP contribution is -2.20. The smallest absolute Gasteiger partial charge is 0.255 e. The van der Waals surface area contributed by atoms with Crippen molar-refractivity contribution in [2.75, 3.05) is 6.61 Å². The highest BCUT2D eigenvalue weighted by Crippen LogP contribution is 2.13. The highest BCUT2D eigenvalue weighted by Gasteiger charge is 1.99. The monoisotopic (exact) mass is 348 g/mol. The van der Waals surface area contributed by atoms with Gasteiger partial charge in [-0.1, -0.05) is 40.2 Å². The van der Waals surface area contributed by atoms with Crippen LogP contribution < -0.4 is 15.8 Å². The van der Waals surface area contributed by atoms with Gasteiger partial charge in [0.25, 0.3) is 5.91 Å². The van der Waals surface area contributed by atoms with Crippen molar-refractivity contribution in [3.05, 3.63) is 64.1 Å². The van der Waals surface area contributed by atoms with E-state index in [4.69, 9.17) is 10.5 Å². The van der Waals surface area contributed by atoms with Gasteiger partial charge in [0.15, 0.2) is 6.61 Å². The zero-order valence-electron chi connectivity index (χ0n) is 11.5. The molecule has 0 radical (unpaired) electrons. The SMILES string of the molecule is NC(=O)COc1ccc(CNCc2cccc(Br)c2)cc1. The van der Waals surface area contributed by atoms with E-state index in [0.717, 1.165) is 23.1 Å². The number of nitrogens with one attached hydrogen (secondary N) is 1. The summed E-state index contributed by atoms with van der Waals surface area (Å²) in [5, 5.41) is 3.38. The lowest BCUT2D eigenvalue weighted by atomic mass is 10.2. The predicted molar refractivity (Wildman–Crippen MR) is 85.8 cm³/mol. The summed E-state index contributed by atoms with van der Waals surface area (Å²) in [5.41, 5.74) is 7.40. The summed E-state index contributed by atoms with van der Waals surface area (Å²) < 4.78 is 6.29. The Kier molecular flexibility index (Phi) is 5.78. The third-order valence-electron chi connectivity index (χ3n) is 2.85. The molecule has 0 saturated carbocycles. The summed E-state index contributed by atoms with van der Waals surface area (Å²) in [7, 11) is 0. The van der Waals surface area contributed by atoms with E-state index in [-0.39, 0.29) is 6.61 Å². The largest absolute Gasteiger partial charge is 0.484 e. The number of hydrogen-bond donors (Lipinski definition) is 2. The van der Waals surface area contributed by atoms with Crippen LogP contribution in [0.5, 0.6) is 5.75 Å². The maximum atomic E-state index is 10.6. The maximum absolute atomic E-state index is 10.6. The van der Waals surface area contributed by atoms with Crippen LogP contribution in [-0.4, -0.2) is 12.5 Å². The Morgan fingerprint density at radius 3 is 2.48 bits per heavy atom. The Labute approximate surface area is 132 Å². The van der Waals surface area contributed by atoms with Crippen LogP contribution >= 0.6 is 15.9 Å². The summed E-state index contributed by atoms with van der Waals surface area (Å²) >= 11 is 3.46. The third-order valence-corrected chi connectivity index (χ3v) is 3.34. The summed E-state index contributed by atoms with van der Waals surface area (Å²) in [4.78, 5) is 10.6. The lowest BCUT2D eigenvalue weighted by molar-refractivity contribution is -0.119. The van der Waals surface area contributed by atoms with Gasteiger partial charge in [0.05, 0.1) is 0 Å². The first kappa shape index (κ1) is 15.5. The van der Waals surface area contributed by atoms with Gasteiger partial charge in [0.2, 0.25) is 0 Å². The second-order valence-electron chi connectivity index (χ2n) is 4.63. The van der Waals surface area contributed by atoms with Gasteiger partial charge in [0, 0.05) is 17.6 Å². The Balaban J connectivity index is 1.79. The minimum Gasteiger partial charge on any atom is -0.484 e. The first-order valence-electron chi connectivity index (χ1n) is 6.59. The number of hydrogen-bond acceptors (Lipinski definition) is 3. The van der Waals surface area contributed by atoms with Crippen molar-refractivity contribution >= 4 is 21.8 Å². The summed E-state index contributed by atoms with van der Waals surface area (Å²) in [5.74, 6) is 0.166. The van der Waals surface area contributed by atoms with Gasteiger partial charge in [-0.2, -0.15) is 0 Å². The second-order valence-corrected chi connectivity index (χ2v) is 5.55. The van der Waals surface area contributed by atoms with Crippen molar-refractivity contribution in [3.63, 3.8) is 0 Å². The number of carbonyl (C=O) groups excluding carboxylic acids is 1. The number of ether oxygens (including phenoxy) is 1. The molecule has 0 aromatic heterocycles. The average Bonchev–Trinajstić information content (AvgIpc) is 2.46. The topological polar surface area (TPSA) is 64.4 Å². The normalized spacial score (nSPS) is 10.3. The number of rotatable bonds is 7. The van der Waals surface area contributed by atoms with Gasteiger partial charge in [-0.15, -0.1) is 0 Å². The minimum absolute atomic E-state index is 0.0967. The predicted octanol–water partition coefficient (Wildman–Crippen LogP) is 2.60. The molecule has 0 saturated heterocycles. The van der Waals surface area contributed by atoms with Crippen LogP contribution in [0.3, 0.4) is 0 Å². The molecule has 0 heterocycles. The first-order valence-corrected chi connectivity index (χ1v) is 7.38. The highest BCUT2D eigenvalue weighted by atomic mass is 79.9. The molecule has 0 spiro atoms. The Morgan fingerprint density at radius 1 is 1.10 bits per heavy atom. The molecule has 0 aliphatic rings. The molecule has 5 heteroatoms. The molecule has 21 heavy (non-hydrogen) atoms. The number of benzene rings is 2. The van der Waals surface area contributed by atoms with Crippen molar-refractivity contribution in [2.24, 2.45) is 5.73 Å². The summed E-state index contributed by atoms with van der Waals surface area (Å²) in [6, 6.07) is 15.8. The number of halogens is 1. The van der Waals surface area contributed by atoms with Crippen molar-refractivity contribution in [3.8, 4) is 5.75 Å². The molecule has 0 fully saturated rings. The molecule has 0 aliphatic carbocycles. The number of primary amides is 1. The maximum Gasteiger partial charge on any atom is 0.255 e. The van der Waals surface area contributed by atoms with Gasteiger partial charge in [-0.25, -0.2) is 0 Å². The fraction of sp³-hybridized carbons (Fsp3) is 0.188. The Morgan fingerprint density at radius 2 is 1.81 bits per heavy atom. The van der Waals surface area contributed by atoms with Gasteiger partial charge < -0.3 is 15.8 Å². The van der Waals surface area contributed by atoms with Gasteiger partial charge in [-0.05, 0) is 35.4 Å². The number of carbonyl (C=O) groups is 1. The van der Waals surface area contributed by atoms with Crippen molar-refractivity contribution in [1.82, 2.24) is 5.32 Å². The zero-order chi connectivity index (χ0) is 15.1.